The van der Waals surface area contributed by atoms with Crippen molar-refractivity contribution in [2.45, 2.75) is 25.3 Å². The number of aryl methyl sites for hydroxylation is 1. The SMILES string of the molecule is CNC(c1cnn(C)c1)C1CCC1. The lowest BCUT2D eigenvalue weighted by Gasteiger charge is -2.33. The van der Waals surface area contributed by atoms with Gasteiger partial charge < -0.3 is 5.32 Å². The predicted molar refractivity (Wildman–Crippen MR) is 52.3 cm³/mol. The molecule has 0 spiro atoms. The van der Waals surface area contributed by atoms with E-state index >= 15 is 0 Å². The monoisotopic (exact) mass is 179 g/mol. The predicted octanol–water partition coefficient (Wildman–Crippen LogP) is 1.48. The molecule has 1 aromatic heterocycles. The van der Waals surface area contributed by atoms with E-state index < -0.39 is 0 Å². The highest BCUT2D eigenvalue weighted by Crippen LogP contribution is 2.37. The Kier molecular flexibility index (Phi) is 2.36. The molecule has 1 aromatic rings. The minimum atomic E-state index is 0.516. The van der Waals surface area contributed by atoms with E-state index in [0.29, 0.717) is 6.04 Å². The number of hydrogen-bond acceptors (Lipinski definition) is 2. The van der Waals surface area contributed by atoms with E-state index in [4.69, 9.17) is 0 Å². The Morgan fingerprint density at radius 3 is 2.77 bits per heavy atom. The standard InChI is InChI=1S/C10H17N3/c1-11-10(8-4-3-5-8)9-6-12-13(2)7-9/h6-8,10-11H,3-5H2,1-2H3. The van der Waals surface area contributed by atoms with Gasteiger partial charge in [-0.15, -0.1) is 0 Å². The summed E-state index contributed by atoms with van der Waals surface area (Å²) in [5.41, 5.74) is 1.33. The maximum absolute atomic E-state index is 4.20. The molecule has 3 nitrogen and oxygen atoms in total. The molecule has 0 aromatic carbocycles. The summed E-state index contributed by atoms with van der Waals surface area (Å²) >= 11 is 0. The third kappa shape index (κ3) is 1.61. The van der Waals surface area contributed by atoms with Gasteiger partial charge in [0, 0.05) is 24.8 Å². The zero-order valence-electron chi connectivity index (χ0n) is 8.33. The van der Waals surface area contributed by atoms with Crippen LogP contribution >= 0.6 is 0 Å². The fraction of sp³-hybridized carbons (Fsp3) is 0.700. The van der Waals surface area contributed by atoms with E-state index in [0.717, 1.165) is 5.92 Å². The van der Waals surface area contributed by atoms with Crippen LogP contribution in [0.25, 0.3) is 0 Å². The Morgan fingerprint density at radius 1 is 1.62 bits per heavy atom. The summed E-state index contributed by atoms with van der Waals surface area (Å²) in [4.78, 5) is 0. The lowest BCUT2D eigenvalue weighted by molar-refractivity contribution is 0.239. The highest BCUT2D eigenvalue weighted by molar-refractivity contribution is 5.12. The van der Waals surface area contributed by atoms with Crippen LogP contribution in [-0.2, 0) is 7.05 Å². The minimum Gasteiger partial charge on any atom is -0.313 e. The van der Waals surface area contributed by atoms with Crippen molar-refractivity contribution in [1.29, 1.82) is 0 Å². The number of aromatic nitrogens is 2. The summed E-state index contributed by atoms with van der Waals surface area (Å²) in [6, 6.07) is 0.516. The molecule has 1 aliphatic rings. The van der Waals surface area contributed by atoms with Crippen LogP contribution in [0.5, 0.6) is 0 Å². The topological polar surface area (TPSA) is 29.9 Å². The fourth-order valence-corrected chi connectivity index (χ4v) is 2.05. The summed E-state index contributed by atoms with van der Waals surface area (Å²) in [7, 11) is 4.01. The van der Waals surface area contributed by atoms with Gasteiger partial charge in [-0.2, -0.15) is 5.10 Å². The van der Waals surface area contributed by atoms with Crippen LogP contribution in [-0.4, -0.2) is 16.8 Å². The van der Waals surface area contributed by atoms with Gasteiger partial charge in [0.25, 0.3) is 0 Å². The van der Waals surface area contributed by atoms with Gasteiger partial charge >= 0.3 is 0 Å². The minimum absolute atomic E-state index is 0.516. The van der Waals surface area contributed by atoms with Crippen LogP contribution in [0.4, 0.5) is 0 Å². The first kappa shape index (κ1) is 8.75. The molecule has 1 atom stereocenters. The average Bonchev–Trinajstić information content (AvgIpc) is 2.43. The Morgan fingerprint density at radius 2 is 2.38 bits per heavy atom. The first-order chi connectivity index (χ1) is 6.31. The lowest BCUT2D eigenvalue weighted by Crippen LogP contribution is -2.29. The van der Waals surface area contributed by atoms with Crippen LogP contribution in [0, 0.1) is 5.92 Å². The van der Waals surface area contributed by atoms with Crippen molar-refractivity contribution in [2.24, 2.45) is 13.0 Å². The quantitative estimate of drug-likeness (QED) is 0.761. The second-order valence-electron chi connectivity index (χ2n) is 3.90. The van der Waals surface area contributed by atoms with Gasteiger partial charge in [-0.3, -0.25) is 4.68 Å². The van der Waals surface area contributed by atoms with Gasteiger partial charge in [-0.1, -0.05) is 6.42 Å². The van der Waals surface area contributed by atoms with Crippen molar-refractivity contribution >= 4 is 0 Å². The number of nitrogens with one attached hydrogen (secondary N) is 1. The molecule has 0 amide bonds. The average molecular weight is 179 g/mol. The van der Waals surface area contributed by atoms with Crippen molar-refractivity contribution in [3.63, 3.8) is 0 Å². The molecule has 1 saturated carbocycles. The summed E-state index contributed by atoms with van der Waals surface area (Å²) in [5.74, 6) is 0.828. The zero-order chi connectivity index (χ0) is 9.26. The molecule has 1 aliphatic carbocycles. The van der Waals surface area contributed by atoms with E-state index in [1.54, 1.807) is 0 Å². The van der Waals surface area contributed by atoms with Crippen molar-refractivity contribution in [2.75, 3.05) is 7.05 Å². The van der Waals surface area contributed by atoms with Gasteiger partial charge in [0.1, 0.15) is 0 Å². The maximum atomic E-state index is 4.20. The normalized spacial score (nSPS) is 19.8. The third-order valence-electron chi connectivity index (χ3n) is 3.02. The molecule has 0 bridgehead atoms. The van der Waals surface area contributed by atoms with Crippen molar-refractivity contribution < 1.29 is 0 Å². The van der Waals surface area contributed by atoms with Crippen LogP contribution in [0.15, 0.2) is 12.4 Å². The number of nitrogens with zero attached hydrogens (tertiary/aromatic N) is 2. The van der Waals surface area contributed by atoms with Gasteiger partial charge in [0.05, 0.1) is 6.20 Å². The first-order valence-corrected chi connectivity index (χ1v) is 4.97. The van der Waals surface area contributed by atoms with Crippen LogP contribution in [0.3, 0.4) is 0 Å². The first-order valence-electron chi connectivity index (χ1n) is 4.97. The van der Waals surface area contributed by atoms with Gasteiger partial charge in [0.2, 0.25) is 0 Å². The Balaban J connectivity index is 2.11. The Bertz CT molecular complexity index is 275. The van der Waals surface area contributed by atoms with Gasteiger partial charge in [0.15, 0.2) is 0 Å². The van der Waals surface area contributed by atoms with E-state index in [9.17, 15) is 0 Å². The van der Waals surface area contributed by atoms with Crippen molar-refractivity contribution in [1.82, 2.24) is 15.1 Å². The number of hydrogen-bond donors (Lipinski definition) is 1. The highest BCUT2D eigenvalue weighted by Gasteiger charge is 2.27. The Hall–Kier alpha value is -0.830. The molecular weight excluding hydrogens is 162 g/mol. The van der Waals surface area contributed by atoms with Crippen LogP contribution in [0.1, 0.15) is 30.9 Å². The second kappa shape index (κ2) is 3.50. The van der Waals surface area contributed by atoms with Crippen LogP contribution in [0.2, 0.25) is 0 Å². The summed E-state index contributed by atoms with van der Waals surface area (Å²) in [6.07, 6.45) is 8.20. The lowest BCUT2D eigenvalue weighted by atomic mass is 9.78. The van der Waals surface area contributed by atoms with Crippen LogP contribution < -0.4 is 5.32 Å². The van der Waals surface area contributed by atoms with Gasteiger partial charge in [-0.05, 0) is 25.8 Å². The zero-order valence-corrected chi connectivity index (χ0v) is 8.33. The highest BCUT2D eigenvalue weighted by atomic mass is 15.2. The molecule has 1 heterocycles. The fourth-order valence-electron chi connectivity index (χ4n) is 2.05. The smallest absolute Gasteiger partial charge is 0.0537 e. The molecule has 1 fully saturated rings. The Labute approximate surface area is 79.1 Å². The molecule has 2 rings (SSSR count). The van der Waals surface area contributed by atoms with Gasteiger partial charge in [-0.25, -0.2) is 0 Å². The summed E-state index contributed by atoms with van der Waals surface area (Å²) < 4.78 is 1.87. The molecule has 0 saturated heterocycles. The van der Waals surface area contributed by atoms with Crippen molar-refractivity contribution in [3.8, 4) is 0 Å². The largest absolute Gasteiger partial charge is 0.313 e. The molecule has 72 valence electrons. The molecular formula is C10H17N3. The number of rotatable bonds is 3. The molecule has 0 aliphatic heterocycles. The van der Waals surface area contributed by atoms with E-state index in [1.807, 2.05) is 25.0 Å². The van der Waals surface area contributed by atoms with Crippen molar-refractivity contribution in [3.05, 3.63) is 18.0 Å². The van der Waals surface area contributed by atoms with E-state index in [1.165, 1.54) is 24.8 Å². The third-order valence-corrected chi connectivity index (χ3v) is 3.02. The molecule has 1 unspecified atom stereocenters. The molecule has 13 heavy (non-hydrogen) atoms. The summed E-state index contributed by atoms with van der Waals surface area (Å²) in [6.45, 7) is 0. The molecule has 1 N–H and O–H groups in total. The van der Waals surface area contributed by atoms with E-state index in [-0.39, 0.29) is 0 Å². The summed E-state index contributed by atoms with van der Waals surface area (Å²) in [5, 5.41) is 7.58. The maximum Gasteiger partial charge on any atom is 0.0537 e. The molecule has 3 heteroatoms. The second-order valence-corrected chi connectivity index (χ2v) is 3.90. The molecule has 0 radical (unpaired) electrons. The van der Waals surface area contributed by atoms with E-state index in [2.05, 4.69) is 16.6 Å².